The third-order valence-corrected chi connectivity index (χ3v) is 2.85. The third-order valence-electron chi connectivity index (χ3n) is 2.85. The molecule has 2 aromatic rings. The SMILES string of the molecule is CCOc1ncccc1NC(C)c1ccc(F)cc1F. The Kier molecular flexibility index (Phi) is 4.50. The van der Waals surface area contributed by atoms with Gasteiger partial charge in [0.2, 0.25) is 5.88 Å². The van der Waals surface area contributed by atoms with Crippen LogP contribution in [0.1, 0.15) is 25.5 Å². The van der Waals surface area contributed by atoms with Crippen LogP contribution in [0.2, 0.25) is 0 Å². The maximum absolute atomic E-state index is 13.7. The van der Waals surface area contributed by atoms with E-state index >= 15 is 0 Å². The van der Waals surface area contributed by atoms with Gasteiger partial charge in [0, 0.05) is 17.8 Å². The summed E-state index contributed by atoms with van der Waals surface area (Å²) in [5.41, 5.74) is 1.06. The summed E-state index contributed by atoms with van der Waals surface area (Å²) in [4.78, 5) is 4.11. The van der Waals surface area contributed by atoms with Crippen molar-refractivity contribution in [3.05, 3.63) is 53.7 Å². The topological polar surface area (TPSA) is 34.1 Å². The molecule has 5 heteroatoms. The zero-order valence-corrected chi connectivity index (χ0v) is 11.4. The van der Waals surface area contributed by atoms with Crippen LogP contribution in [0.15, 0.2) is 36.5 Å². The third kappa shape index (κ3) is 3.23. The molecule has 3 nitrogen and oxygen atoms in total. The number of halogens is 2. The second-order valence-electron chi connectivity index (χ2n) is 4.32. The first kappa shape index (κ1) is 14.2. The molecule has 1 atom stereocenters. The number of hydrogen-bond acceptors (Lipinski definition) is 3. The van der Waals surface area contributed by atoms with Gasteiger partial charge in [-0.2, -0.15) is 0 Å². The second-order valence-corrected chi connectivity index (χ2v) is 4.32. The Balaban J connectivity index is 2.21. The lowest BCUT2D eigenvalue weighted by molar-refractivity contribution is 0.328. The number of nitrogens with zero attached hydrogens (tertiary/aromatic N) is 1. The highest BCUT2D eigenvalue weighted by Crippen LogP contribution is 2.27. The van der Waals surface area contributed by atoms with Crippen molar-refractivity contribution in [2.24, 2.45) is 0 Å². The van der Waals surface area contributed by atoms with Crippen LogP contribution >= 0.6 is 0 Å². The molecule has 106 valence electrons. The molecule has 0 spiro atoms. The minimum Gasteiger partial charge on any atom is -0.476 e. The van der Waals surface area contributed by atoms with E-state index in [2.05, 4.69) is 10.3 Å². The highest BCUT2D eigenvalue weighted by Gasteiger charge is 2.14. The number of benzene rings is 1. The van der Waals surface area contributed by atoms with Crippen LogP contribution in [0.3, 0.4) is 0 Å². The molecule has 0 fully saturated rings. The van der Waals surface area contributed by atoms with Gasteiger partial charge in [0.15, 0.2) is 0 Å². The molecule has 1 N–H and O–H groups in total. The van der Waals surface area contributed by atoms with Crippen molar-refractivity contribution in [2.45, 2.75) is 19.9 Å². The Morgan fingerprint density at radius 2 is 2.10 bits per heavy atom. The molecule has 1 heterocycles. The number of rotatable bonds is 5. The number of anilines is 1. The minimum atomic E-state index is -0.588. The molecule has 0 aliphatic rings. The first-order chi connectivity index (χ1) is 9.61. The zero-order chi connectivity index (χ0) is 14.5. The van der Waals surface area contributed by atoms with Gasteiger partial charge in [-0.3, -0.25) is 0 Å². The molecule has 2 rings (SSSR count). The van der Waals surface area contributed by atoms with Gasteiger partial charge in [-0.05, 0) is 32.0 Å². The quantitative estimate of drug-likeness (QED) is 0.899. The van der Waals surface area contributed by atoms with E-state index in [0.29, 0.717) is 23.7 Å². The Hall–Kier alpha value is -2.17. The molecular formula is C15H16F2N2O. The monoisotopic (exact) mass is 278 g/mol. The van der Waals surface area contributed by atoms with Crippen molar-refractivity contribution < 1.29 is 13.5 Å². The van der Waals surface area contributed by atoms with E-state index in [0.717, 1.165) is 6.07 Å². The predicted molar refractivity (Wildman–Crippen MR) is 73.8 cm³/mol. The summed E-state index contributed by atoms with van der Waals surface area (Å²) in [6, 6.07) is 6.77. The van der Waals surface area contributed by atoms with Crippen molar-refractivity contribution in [1.29, 1.82) is 0 Å². The van der Waals surface area contributed by atoms with Gasteiger partial charge in [-0.15, -0.1) is 0 Å². The number of nitrogens with one attached hydrogen (secondary N) is 1. The van der Waals surface area contributed by atoms with Crippen LogP contribution in [0, 0.1) is 11.6 Å². The molecule has 0 aliphatic heterocycles. The van der Waals surface area contributed by atoms with Crippen molar-refractivity contribution >= 4 is 5.69 Å². The lowest BCUT2D eigenvalue weighted by Gasteiger charge is -2.18. The molecular weight excluding hydrogens is 262 g/mol. The Bertz CT molecular complexity index is 590. The summed E-state index contributed by atoms with van der Waals surface area (Å²) in [7, 11) is 0. The average Bonchev–Trinajstić information content (AvgIpc) is 2.41. The maximum atomic E-state index is 13.7. The van der Waals surface area contributed by atoms with Crippen molar-refractivity contribution in [3.63, 3.8) is 0 Å². The van der Waals surface area contributed by atoms with Crippen molar-refractivity contribution in [3.8, 4) is 5.88 Å². The number of ether oxygens (including phenoxy) is 1. The van der Waals surface area contributed by atoms with Crippen LogP contribution in [0.25, 0.3) is 0 Å². The van der Waals surface area contributed by atoms with Crippen LogP contribution < -0.4 is 10.1 Å². The molecule has 0 saturated heterocycles. The van der Waals surface area contributed by atoms with Gasteiger partial charge in [-0.25, -0.2) is 13.8 Å². The molecule has 0 amide bonds. The lowest BCUT2D eigenvalue weighted by Crippen LogP contribution is -2.10. The van der Waals surface area contributed by atoms with Crippen molar-refractivity contribution in [2.75, 3.05) is 11.9 Å². The predicted octanol–water partition coefficient (Wildman–Crippen LogP) is 3.93. The zero-order valence-electron chi connectivity index (χ0n) is 11.4. The second kappa shape index (κ2) is 6.32. The maximum Gasteiger partial charge on any atom is 0.237 e. The molecule has 0 bridgehead atoms. The van der Waals surface area contributed by atoms with Crippen LogP contribution in [0.5, 0.6) is 5.88 Å². The highest BCUT2D eigenvalue weighted by atomic mass is 19.1. The molecule has 20 heavy (non-hydrogen) atoms. The van der Waals surface area contributed by atoms with Crippen LogP contribution in [0.4, 0.5) is 14.5 Å². The fraction of sp³-hybridized carbons (Fsp3) is 0.267. The first-order valence-corrected chi connectivity index (χ1v) is 6.41. The molecule has 0 aliphatic carbocycles. The fourth-order valence-corrected chi connectivity index (χ4v) is 1.92. The van der Waals surface area contributed by atoms with Gasteiger partial charge >= 0.3 is 0 Å². The molecule has 1 unspecified atom stereocenters. The van der Waals surface area contributed by atoms with E-state index in [1.54, 1.807) is 25.3 Å². The molecule has 1 aromatic carbocycles. The molecule has 0 saturated carbocycles. The van der Waals surface area contributed by atoms with Gasteiger partial charge in [0.25, 0.3) is 0 Å². The van der Waals surface area contributed by atoms with E-state index in [1.807, 2.05) is 6.92 Å². The van der Waals surface area contributed by atoms with Gasteiger partial charge in [-0.1, -0.05) is 6.07 Å². The Labute approximate surface area is 116 Å². The summed E-state index contributed by atoms with van der Waals surface area (Å²) < 4.78 is 32.0. The minimum absolute atomic E-state index is 0.334. The highest BCUT2D eigenvalue weighted by molar-refractivity contribution is 5.53. The van der Waals surface area contributed by atoms with E-state index < -0.39 is 11.6 Å². The summed E-state index contributed by atoms with van der Waals surface area (Å²) >= 11 is 0. The molecule has 1 aromatic heterocycles. The normalized spacial score (nSPS) is 12.0. The van der Waals surface area contributed by atoms with Crippen LogP contribution in [-0.4, -0.2) is 11.6 Å². The fourth-order valence-electron chi connectivity index (χ4n) is 1.92. The number of pyridine rings is 1. The average molecular weight is 278 g/mol. The number of aromatic nitrogens is 1. The van der Waals surface area contributed by atoms with Crippen LogP contribution in [-0.2, 0) is 0 Å². The standard InChI is InChI=1S/C15H16F2N2O/c1-3-20-15-14(5-4-8-18-15)19-10(2)12-7-6-11(16)9-13(12)17/h4-10,19H,3H2,1-2H3. The van der Waals surface area contributed by atoms with E-state index in [1.165, 1.54) is 12.1 Å². The first-order valence-electron chi connectivity index (χ1n) is 6.41. The summed E-state index contributed by atoms with van der Waals surface area (Å²) in [6.45, 7) is 4.14. The van der Waals surface area contributed by atoms with Crippen molar-refractivity contribution in [1.82, 2.24) is 4.98 Å². The lowest BCUT2D eigenvalue weighted by atomic mass is 10.1. The summed E-state index contributed by atoms with van der Waals surface area (Å²) in [6.07, 6.45) is 1.62. The summed E-state index contributed by atoms with van der Waals surface area (Å²) in [5.74, 6) is -0.703. The van der Waals surface area contributed by atoms with Gasteiger partial charge in [0.1, 0.15) is 11.6 Å². The summed E-state index contributed by atoms with van der Waals surface area (Å²) in [5, 5.41) is 3.12. The Morgan fingerprint density at radius 1 is 1.30 bits per heavy atom. The van der Waals surface area contributed by atoms with E-state index in [4.69, 9.17) is 4.74 Å². The van der Waals surface area contributed by atoms with E-state index in [9.17, 15) is 8.78 Å². The van der Waals surface area contributed by atoms with Gasteiger partial charge in [0.05, 0.1) is 18.3 Å². The Morgan fingerprint density at radius 3 is 2.80 bits per heavy atom. The van der Waals surface area contributed by atoms with E-state index in [-0.39, 0.29) is 6.04 Å². The van der Waals surface area contributed by atoms with Gasteiger partial charge < -0.3 is 10.1 Å². The smallest absolute Gasteiger partial charge is 0.237 e. The number of hydrogen-bond donors (Lipinski definition) is 1. The largest absolute Gasteiger partial charge is 0.476 e. The molecule has 0 radical (unpaired) electrons.